The van der Waals surface area contributed by atoms with Crippen molar-refractivity contribution >= 4 is 65.3 Å². The Labute approximate surface area is 403 Å². The average molecular weight is 893 g/mol. The van der Waals surface area contributed by atoms with Gasteiger partial charge in [-0.05, 0) is 91.8 Å². The largest absolute Gasteiger partial charge is 0.456 e. The molecule has 70 heavy (non-hydrogen) atoms. The van der Waals surface area contributed by atoms with Crippen molar-refractivity contribution in [3.05, 3.63) is 243 Å². The predicted octanol–water partition coefficient (Wildman–Crippen LogP) is 17.2. The molecule has 326 valence electrons. The van der Waals surface area contributed by atoms with Crippen LogP contribution < -0.4 is 0 Å². The minimum absolute atomic E-state index is 0.571. The van der Waals surface area contributed by atoms with Crippen LogP contribution in [0.2, 0.25) is 0 Å². The first-order valence-electron chi connectivity index (χ1n) is 23.7. The first-order chi connectivity index (χ1) is 34.7. The third-order valence-electron chi connectivity index (χ3n) is 13.8. The van der Waals surface area contributed by atoms with Crippen molar-refractivity contribution in [2.45, 2.75) is 0 Å². The lowest BCUT2D eigenvalue weighted by Gasteiger charge is -2.16. The van der Waals surface area contributed by atoms with Crippen LogP contribution in [0.15, 0.2) is 247 Å². The van der Waals surface area contributed by atoms with E-state index < -0.39 is 0 Å². The van der Waals surface area contributed by atoms with Gasteiger partial charge < -0.3 is 8.98 Å². The normalized spacial score (nSPS) is 11.7. The third kappa shape index (κ3) is 6.67. The molecule has 0 saturated carbocycles. The molecule has 11 aromatic carbocycles. The average Bonchev–Trinajstić information content (AvgIpc) is 3.96. The highest BCUT2D eigenvalue weighted by molar-refractivity contribution is 6.18. The summed E-state index contributed by atoms with van der Waals surface area (Å²) >= 11 is 0. The number of aromatic nitrogens is 4. The lowest BCUT2D eigenvalue weighted by molar-refractivity contribution is 0.668. The monoisotopic (exact) mass is 892 g/mol. The summed E-state index contributed by atoms with van der Waals surface area (Å²) in [5.41, 5.74) is 14.2. The summed E-state index contributed by atoms with van der Waals surface area (Å²) in [6.07, 6.45) is 0. The van der Waals surface area contributed by atoms with E-state index in [1.165, 1.54) is 37.9 Å². The van der Waals surface area contributed by atoms with Gasteiger partial charge in [0.1, 0.15) is 11.2 Å². The molecule has 0 spiro atoms. The van der Waals surface area contributed by atoms with Gasteiger partial charge in [0.2, 0.25) is 0 Å². The summed E-state index contributed by atoms with van der Waals surface area (Å²) in [5.74, 6) is 1.77. The van der Waals surface area contributed by atoms with Crippen LogP contribution in [0.1, 0.15) is 0 Å². The van der Waals surface area contributed by atoms with Gasteiger partial charge >= 0.3 is 0 Å². The molecule has 3 heterocycles. The summed E-state index contributed by atoms with van der Waals surface area (Å²) in [4.78, 5) is 15.7. The quantitative estimate of drug-likeness (QED) is 0.160. The van der Waals surface area contributed by atoms with E-state index in [0.717, 1.165) is 83.2 Å². The Bertz CT molecular complexity index is 4240. The minimum atomic E-state index is 0.571. The van der Waals surface area contributed by atoms with E-state index in [4.69, 9.17) is 19.4 Å². The zero-order valence-electron chi connectivity index (χ0n) is 37.8. The molecule has 3 aromatic heterocycles. The summed E-state index contributed by atoms with van der Waals surface area (Å²) in [6.45, 7) is 0. The Balaban J connectivity index is 1.04. The van der Waals surface area contributed by atoms with Gasteiger partial charge in [-0.1, -0.05) is 194 Å². The third-order valence-corrected chi connectivity index (χ3v) is 13.8. The molecular weight excluding hydrogens is 853 g/mol. The number of nitrogens with zero attached hydrogens (tertiary/aromatic N) is 4. The van der Waals surface area contributed by atoms with Crippen molar-refractivity contribution in [1.82, 2.24) is 19.5 Å². The number of hydrogen-bond acceptors (Lipinski definition) is 4. The van der Waals surface area contributed by atoms with Crippen LogP contribution >= 0.6 is 0 Å². The van der Waals surface area contributed by atoms with Crippen molar-refractivity contribution in [2.24, 2.45) is 0 Å². The Morgan fingerprint density at radius 2 is 0.757 bits per heavy atom. The van der Waals surface area contributed by atoms with Crippen LogP contribution in [0.3, 0.4) is 0 Å². The van der Waals surface area contributed by atoms with Crippen molar-refractivity contribution < 1.29 is 4.42 Å². The highest BCUT2D eigenvalue weighted by atomic mass is 16.3. The maximum absolute atomic E-state index is 7.00. The second kappa shape index (κ2) is 16.1. The molecule has 5 nitrogen and oxygen atoms in total. The van der Waals surface area contributed by atoms with Gasteiger partial charge in [0, 0.05) is 49.9 Å². The first kappa shape index (κ1) is 39.7. The molecular formula is C65H40N4O. The molecule has 0 fully saturated rings. The molecule has 0 amide bonds. The summed E-state index contributed by atoms with van der Waals surface area (Å²) in [6, 6.07) is 86.0. The van der Waals surface area contributed by atoms with Crippen LogP contribution in [0.25, 0.3) is 139 Å². The maximum Gasteiger partial charge on any atom is 0.164 e. The highest BCUT2D eigenvalue weighted by Gasteiger charge is 2.23. The van der Waals surface area contributed by atoms with Gasteiger partial charge in [0.05, 0.1) is 16.7 Å². The summed E-state index contributed by atoms with van der Waals surface area (Å²) in [7, 11) is 0. The van der Waals surface area contributed by atoms with Crippen LogP contribution in [0, 0.1) is 0 Å². The molecule has 0 bridgehead atoms. The van der Waals surface area contributed by atoms with Crippen LogP contribution in [0.5, 0.6) is 0 Å². The predicted molar refractivity (Wildman–Crippen MR) is 289 cm³/mol. The summed E-state index contributed by atoms with van der Waals surface area (Å²) < 4.78 is 9.45. The van der Waals surface area contributed by atoms with Crippen molar-refractivity contribution in [3.8, 4) is 73.2 Å². The van der Waals surface area contributed by atoms with Crippen LogP contribution in [-0.4, -0.2) is 19.5 Å². The second-order valence-electron chi connectivity index (χ2n) is 18.0. The Kier molecular flexibility index (Phi) is 9.14. The second-order valence-corrected chi connectivity index (χ2v) is 18.0. The number of benzene rings is 11. The molecule has 0 aliphatic rings. The van der Waals surface area contributed by atoms with Crippen LogP contribution in [0.4, 0.5) is 0 Å². The standard InChI is InChI=1S/C65H40N4O/c1-4-16-41(17-5-1)43-30-32-44(33-31-43)53-39-56-61(40-59(53)69-57-37-49-24-12-10-22-47(49)35-54(57)55-36-48-23-11-13-25-50(48)38-58(55)69)70-60-29-15-28-52(62(56)60)65-67-63(45-20-8-3-9-21-45)66-64(68-65)51-27-14-26-46(34-51)42-18-6-2-7-19-42/h1-40H. The van der Waals surface area contributed by atoms with Crippen molar-refractivity contribution in [1.29, 1.82) is 0 Å². The molecule has 14 aromatic rings. The van der Waals surface area contributed by atoms with Crippen LogP contribution in [-0.2, 0) is 0 Å². The Morgan fingerprint density at radius 3 is 1.39 bits per heavy atom. The molecule has 0 unspecified atom stereocenters. The van der Waals surface area contributed by atoms with Gasteiger partial charge in [-0.2, -0.15) is 0 Å². The molecule has 0 N–H and O–H groups in total. The van der Waals surface area contributed by atoms with E-state index >= 15 is 0 Å². The minimum Gasteiger partial charge on any atom is -0.456 e. The van der Waals surface area contributed by atoms with Gasteiger partial charge in [-0.15, -0.1) is 0 Å². The number of rotatable bonds is 7. The fourth-order valence-electron chi connectivity index (χ4n) is 10.4. The lowest BCUT2D eigenvalue weighted by atomic mass is 9.96. The SMILES string of the molecule is c1ccc(-c2ccc(-c3cc4c(cc3-n3c5cc6ccccc6cc5c5cc6ccccc6cc53)oc3cccc(-c5nc(-c6ccccc6)nc(-c6cccc(-c7ccccc7)c6)n5)c34)cc2)cc1. The van der Waals surface area contributed by atoms with E-state index in [1.807, 2.05) is 42.5 Å². The molecule has 0 atom stereocenters. The molecule has 0 saturated heterocycles. The molecule has 0 aliphatic heterocycles. The fourth-order valence-corrected chi connectivity index (χ4v) is 10.4. The zero-order valence-corrected chi connectivity index (χ0v) is 37.8. The first-order valence-corrected chi connectivity index (χ1v) is 23.7. The number of fused-ring (bicyclic) bond motifs is 8. The van der Waals surface area contributed by atoms with Crippen molar-refractivity contribution in [2.75, 3.05) is 0 Å². The number of furan rings is 1. The topological polar surface area (TPSA) is 56.7 Å². The molecule has 0 aliphatic carbocycles. The fraction of sp³-hybridized carbons (Fsp3) is 0. The maximum atomic E-state index is 7.00. The highest BCUT2D eigenvalue weighted by Crippen LogP contribution is 2.45. The van der Waals surface area contributed by atoms with Crippen molar-refractivity contribution in [3.63, 3.8) is 0 Å². The van der Waals surface area contributed by atoms with E-state index in [1.54, 1.807) is 0 Å². The lowest BCUT2D eigenvalue weighted by Crippen LogP contribution is -2.00. The van der Waals surface area contributed by atoms with Gasteiger partial charge in [0.15, 0.2) is 17.5 Å². The van der Waals surface area contributed by atoms with Gasteiger partial charge in [0.25, 0.3) is 0 Å². The molecule has 0 radical (unpaired) electrons. The molecule has 14 rings (SSSR count). The van der Waals surface area contributed by atoms with Gasteiger partial charge in [-0.3, -0.25) is 0 Å². The smallest absolute Gasteiger partial charge is 0.164 e. The van der Waals surface area contributed by atoms with E-state index in [0.29, 0.717) is 17.5 Å². The van der Waals surface area contributed by atoms with E-state index in [-0.39, 0.29) is 0 Å². The van der Waals surface area contributed by atoms with E-state index in [2.05, 4.69) is 205 Å². The molecule has 5 heteroatoms. The zero-order chi connectivity index (χ0) is 46.1. The van der Waals surface area contributed by atoms with Gasteiger partial charge in [-0.25, -0.2) is 15.0 Å². The number of hydrogen-bond donors (Lipinski definition) is 0. The summed E-state index contributed by atoms with van der Waals surface area (Å²) in [5, 5.41) is 9.11. The Hall–Kier alpha value is -9.45. The van der Waals surface area contributed by atoms with E-state index in [9.17, 15) is 0 Å². The Morgan fingerprint density at radius 1 is 0.286 bits per heavy atom.